The molecule has 0 aliphatic carbocycles. The summed E-state index contributed by atoms with van der Waals surface area (Å²) in [6.45, 7) is 2.70. The van der Waals surface area contributed by atoms with Gasteiger partial charge in [-0.1, -0.05) is 30.3 Å². The Morgan fingerprint density at radius 2 is 1.84 bits per heavy atom. The van der Waals surface area contributed by atoms with Crippen molar-refractivity contribution in [1.82, 2.24) is 15.2 Å². The molecule has 6 heteroatoms. The normalized spacial score (nSPS) is 15.7. The highest BCUT2D eigenvalue weighted by atomic mass is 16.4. The number of hydrogen-bond donors (Lipinski definition) is 2. The van der Waals surface area contributed by atoms with Gasteiger partial charge < -0.3 is 10.4 Å². The summed E-state index contributed by atoms with van der Waals surface area (Å²) in [5.41, 5.74) is 1.19. The third-order valence-corrected chi connectivity index (χ3v) is 4.42. The van der Waals surface area contributed by atoms with Crippen molar-refractivity contribution in [3.8, 4) is 0 Å². The van der Waals surface area contributed by atoms with Crippen molar-refractivity contribution in [3.05, 3.63) is 65.5 Å². The summed E-state index contributed by atoms with van der Waals surface area (Å²) in [7, 11) is 0. The third kappa shape index (κ3) is 4.42. The van der Waals surface area contributed by atoms with E-state index in [0.29, 0.717) is 0 Å². The minimum absolute atomic E-state index is 0.0262. The summed E-state index contributed by atoms with van der Waals surface area (Å²) < 4.78 is 0. The molecule has 1 aromatic carbocycles. The Kier molecular flexibility index (Phi) is 5.40. The van der Waals surface area contributed by atoms with Crippen LogP contribution in [0, 0.1) is 0 Å². The molecule has 3 rings (SSSR count). The Bertz CT molecular complexity index is 741. The maximum Gasteiger partial charge on any atom is 0.338 e. The first-order valence-electron chi connectivity index (χ1n) is 8.39. The van der Waals surface area contributed by atoms with Crippen LogP contribution in [-0.4, -0.2) is 46.0 Å². The van der Waals surface area contributed by atoms with Crippen LogP contribution < -0.4 is 5.32 Å². The fourth-order valence-corrected chi connectivity index (χ4v) is 3.09. The van der Waals surface area contributed by atoms with Crippen molar-refractivity contribution < 1.29 is 14.7 Å². The smallest absolute Gasteiger partial charge is 0.338 e. The van der Waals surface area contributed by atoms with Gasteiger partial charge >= 0.3 is 5.97 Å². The number of carboxylic acid groups (broad SMARTS) is 1. The lowest BCUT2D eigenvalue weighted by Crippen LogP contribution is -2.44. The summed E-state index contributed by atoms with van der Waals surface area (Å²) in [5.74, 6) is -1.56. The highest BCUT2D eigenvalue weighted by Crippen LogP contribution is 2.15. The van der Waals surface area contributed by atoms with Gasteiger partial charge in [0.1, 0.15) is 5.69 Å². The maximum atomic E-state index is 12.4. The highest BCUT2D eigenvalue weighted by molar-refractivity contribution is 6.03. The number of carbonyl (C=O) groups excluding carboxylic acids is 1. The van der Waals surface area contributed by atoms with Crippen molar-refractivity contribution in [3.63, 3.8) is 0 Å². The number of carboxylic acids is 1. The first-order chi connectivity index (χ1) is 12.1. The number of nitrogens with zero attached hydrogens (tertiary/aromatic N) is 2. The Morgan fingerprint density at radius 3 is 2.52 bits per heavy atom. The molecule has 25 heavy (non-hydrogen) atoms. The number of likely N-dealkylation sites (tertiary alicyclic amines) is 1. The van der Waals surface area contributed by atoms with Gasteiger partial charge in [0.15, 0.2) is 0 Å². The van der Waals surface area contributed by atoms with Gasteiger partial charge in [-0.2, -0.15) is 0 Å². The number of aromatic nitrogens is 1. The lowest BCUT2D eigenvalue weighted by atomic mass is 10.0. The number of hydrogen-bond acceptors (Lipinski definition) is 4. The van der Waals surface area contributed by atoms with E-state index < -0.39 is 11.9 Å². The fourth-order valence-electron chi connectivity index (χ4n) is 3.09. The number of aromatic carboxylic acids is 1. The van der Waals surface area contributed by atoms with Gasteiger partial charge in [0, 0.05) is 31.9 Å². The molecule has 0 saturated carbocycles. The van der Waals surface area contributed by atoms with E-state index in [2.05, 4.69) is 27.3 Å². The molecule has 2 heterocycles. The third-order valence-electron chi connectivity index (χ3n) is 4.42. The van der Waals surface area contributed by atoms with Crippen LogP contribution in [0.2, 0.25) is 0 Å². The summed E-state index contributed by atoms with van der Waals surface area (Å²) in [6.07, 6.45) is 3.12. The average Bonchev–Trinajstić information content (AvgIpc) is 2.64. The zero-order chi connectivity index (χ0) is 17.6. The van der Waals surface area contributed by atoms with E-state index in [1.165, 1.54) is 23.9 Å². The van der Waals surface area contributed by atoms with Crippen LogP contribution in [0.25, 0.3) is 0 Å². The summed E-state index contributed by atoms with van der Waals surface area (Å²) >= 11 is 0. The van der Waals surface area contributed by atoms with E-state index >= 15 is 0 Å². The number of carbonyl (C=O) groups is 2. The quantitative estimate of drug-likeness (QED) is 0.872. The van der Waals surface area contributed by atoms with Gasteiger partial charge in [0.05, 0.1) is 5.56 Å². The van der Waals surface area contributed by atoms with Crippen molar-refractivity contribution in [2.75, 3.05) is 13.1 Å². The number of amides is 1. The van der Waals surface area contributed by atoms with E-state index in [1.807, 2.05) is 18.2 Å². The topological polar surface area (TPSA) is 82.5 Å². The Morgan fingerprint density at radius 1 is 1.12 bits per heavy atom. The predicted octanol–water partition coefficient (Wildman–Crippen LogP) is 2.17. The molecule has 1 aliphatic rings. The molecule has 6 nitrogen and oxygen atoms in total. The molecule has 1 fully saturated rings. The highest BCUT2D eigenvalue weighted by Gasteiger charge is 2.24. The monoisotopic (exact) mass is 339 g/mol. The van der Waals surface area contributed by atoms with Crippen molar-refractivity contribution in [1.29, 1.82) is 0 Å². The van der Waals surface area contributed by atoms with Gasteiger partial charge in [-0.05, 0) is 30.5 Å². The van der Waals surface area contributed by atoms with Crippen molar-refractivity contribution in [2.24, 2.45) is 0 Å². The molecular weight excluding hydrogens is 318 g/mol. The zero-order valence-corrected chi connectivity index (χ0v) is 13.9. The number of nitrogens with one attached hydrogen (secondary N) is 1. The second-order valence-electron chi connectivity index (χ2n) is 6.21. The van der Waals surface area contributed by atoms with E-state index in [4.69, 9.17) is 5.11 Å². The second kappa shape index (κ2) is 7.90. The number of rotatable bonds is 5. The first-order valence-corrected chi connectivity index (χ1v) is 8.39. The maximum absolute atomic E-state index is 12.4. The molecule has 1 amide bonds. The van der Waals surface area contributed by atoms with E-state index in [9.17, 15) is 9.59 Å². The van der Waals surface area contributed by atoms with Crippen LogP contribution in [0.5, 0.6) is 0 Å². The Labute approximate surface area is 146 Å². The van der Waals surface area contributed by atoms with Gasteiger partial charge in [-0.3, -0.25) is 14.7 Å². The minimum Gasteiger partial charge on any atom is -0.478 e. The number of pyridine rings is 1. The van der Waals surface area contributed by atoms with Gasteiger partial charge in [0.2, 0.25) is 0 Å². The molecule has 0 atom stereocenters. The predicted molar refractivity (Wildman–Crippen MR) is 93.4 cm³/mol. The SMILES string of the molecule is O=C(O)c1cccnc1C(=O)NC1CCN(Cc2ccccc2)CC1. The molecule has 1 aliphatic heterocycles. The summed E-state index contributed by atoms with van der Waals surface area (Å²) in [4.78, 5) is 29.9. The largest absolute Gasteiger partial charge is 0.478 e. The molecule has 1 saturated heterocycles. The van der Waals surface area contributed by atoms with Crippen LogP contribution in [0.15, 0.2) is 48.7 Å². The molecule has 2 aromatic rings. The van der Waals surface area contributed by atoms with E-state index in [0.717, 1.165) is 32.5 Å². The van der Waals surface area contributed by atoms with Gasteiger partial charge in [-0.25, -0.2) is 4.79 Å². The van der Waals surface area contributed by atoms with Crippen LogP contribution in [-0.2, 0) is 6.54 Å². The van der Waals surface area contributed by atoms with Crippen LogP contribution >= 0.6 is 0 Å². The zero-order valence-electron chi connectivity index (χ0n) is 13.9. The van der Waals surface area contributed by atoms with Crippen LogP contribution in [0.3, 0.4) is 0 Å². The van der Waals surface area contributed by atoms with Crippen LogP contribution in [0.1, 0.15) is 39.3 Å². The lowest BCUT2D eigenvalue weighted by molar-refractivity contribution is 0.0688. The molecule has 2 N–H and O–H groups in total. The molecule has 0 spiro atoms. The first kappa shape index (κ1) is 17.1. The summed E-state index contributed by atoms with van der Waals surface area (Å²) in [5, 5.41) is 12.1. The summed E-state index contributed by atoms with van der Waals surface area (Å²) in [6, 6.07) is 13.3. The lowest BCUT2D eigenvalue weighted by Gasteiger charge is -2.32. The second-order valence-corrected chi connectivity index (χ2v) is 6.21. The van der Waals surface area contributed by atoms with Gasteiger partial charge in [-0.15, -0.1) is 0 Å². The standard InChI is InChI=1S/C19H21N3O3/c23-18(17-16(19(24)25)7-4-10-20-17)21-15-8-11-22(12-9-15)13-14-5-2-1-3-6-14/h1-7,10,15H,8-9,11-13H2,(H,21,23)(H,24,25). The molecule has 0 unspecified atom stereocenters. The minimum atomic E-state index is -1.14. The molecule has 0 bridgehead atoms. The molecule has 0 radical (unpaired) electrons. The fraction of sp³-hybridized carbons (Fsp3) is 0.316. The van der Waals surface area contributed by atoms with E-state index in [-0.39, 0.29) is 17.3 Å². The van der Waals surface area contributed by atoms with E-state index in [1.54, 1.807) is 0 Å². The number of benzene rings is 1. The van der Waals surface area contributed by atoms with Crippen LogP contribution in [0.4, 0.5) is 0 Å². The average molecular weight is 339 g/mol. The molecular formula is C19H21N3O3. The van der Waals surface area contributed by atoms with Gasteiger partial charge in [0.25, 0.3) is 5.91 Å². The van der Waals surface area contributed by atoms with Crippen molar-refractivity contribution >= 4 is 11.9 Å². The number of piperidine rings is 1. The van der Waals surface area contributed by atoms with Crippen molar-refractivity contribution in [2.45, 2.75) is 25.4 Å². The Balaban J connectivity index is 1.54. The molecule has 1 aromatic heterocycles. The molecule has 130 valence electrons. The Hall–Kier alpha value is -2.73.